The number of anilines is 1. The molecule has 0 N–H and O–H groups in total. The second-order valence-electron chi connectivity index (χ2n) is 6.92. The zero-order valence-electron chi connectivity index (χ0n) is 15.8. The molecule has 2 saturated heterocycles. The third kappa shape index (κ3) is 4.13. The van der Waals surface area contributed by atoms with Gasteiger partial charge in [-0.3, -0.25) is 14.4 Å². The number of methoxy groups -OCH3 is 1. The van der Waals surface area contributed by atoms with Gasteiger partial charge in [-0.2, -0.15) is 0 Å². The van der Waals surface area contributed by atoms with Gasteiger partial charge in [0.15, 0.2) is 0 Å². The van der Waals surface area contributed by atoms with Crippen molar-refractivity contribution >= 4 is 23.4 Å². The third-order valence-corrected chi connectivity index (χ3v) is 5.04. The van der Waals surface area contributed by atoms with Crippen LogP contribution in [-0.2, 0) is 19.1 Å². The van der Waals surface area contributed by atoms with Crippen molar-refractivity contribution < 1.29 is 23.9 Å². The Morgan fingerprint density at radius 1 is 1.30 bits per heavy atom. The first-order valence-corrected chi connectivity index (χ1v) is 9.47. The Morgan fingerprint density at radius 2 is 2.04 bits per heavy atom. The minimum atomic E-state index is -0.761. The number of benzene rings is 1. The molecule has 3 amide bonds. The van der Waals surface area contributed by atoms with Crippen LogP contribution in [0.4, 0.5) is 5.69 Å². The van der Waals surface area contributed by atoms with E-state index in [4.69, 9.17) is 9.47 Å². The van der Waals surface area contributed by atoms with Gasteiger partial charge in [0, 0.05) is 19.6 Å². The van der Waals surface area contributed by atoms with Crippen LogP contribution in [0.2, 0.25) is 0 Å². The van der Waals surface area contributed by atoms with E-state index in [-0.39, 0.29) is 30.2 Å². The standard InChI is InChI=1S/C20H26N2O5/c1-3-5-18(23)21(13-16-6-4-11-27-16)17-12-19(24)22(20(17)25)14-7-9-15(26-2)10-8-14/h7-10,16-17H,3-6,11-13H2,1-2H3. The Balaban J connectivity index is 1.81. The molecule has 7 nitrogen and oxygen atoms in total. The molecule has 0 aromatic heterocycles. The number of carbonyl (C=O) groups is 3. The zero-order valence-corrected chi connectivity index (χ0v) is 15.8. The second-order valence-corrected chi connectivity index (χ2v) is 6.92. The number of imide groups is 1. The Bertz CT molecular complexity index is 697. The number of carbonyl (C=O) groups excluding carboxylic acids is 3. The van der Waals surface area contributed by atoms with E-state index >= 15 is 0 Å². The van der Waals surface area contributed by atoms with E-state index in [1.165, 1.54) is 4.90 Å². The molecular weight excluding hydrogens is 348 g/mol. The van der Waals surface area contributed by atoms with E-state index in [9.17, 15) is 14.4 Å². The maximum Gasteiger partial charge on any atom is 0.257 e. The van der Waals surface area contributed by atoms with Gasteiger partial charge in [0.25, 0.3) is 5.91 Å². The lowest BCUT2D eigenvalue weighted by Crippen LogP contribution is -2.48. The van der Waals surface area contributed by atoms with Gasteiger partial charge < -0.3 is 14.4 Å². The van der Waals surface area contributed by atoms with Crippen molar-refractivity contribution in [3.8, 4) is 5.75 Å². The lowest BCUT2D eigenvalue weighted by Gasteiger charge is -2.29. The average molecular weight is 374 g/mol. The average Bonchev–Trinajstić information content (AvgIpc) is 3.28. The van der Waals surface area contributed by atoms with E-state index in [0.29, 0.717) is 37.4 Å². The van der Waals surface area contributed by atoms with Crippen molar-refractivity contribution in [2.45, 2.75) is 51.2 Å². The van der Waals surface area contributed by atoms with Gasteiger partial charge in [0.1, 0.15) is 11.8 Å². The first-order valence-electron chi connectivity index (χ1n) is 9.47. The summed E-state index contributed by atoms with van der Waals surface area (Å²) in [6.07, 6.45) is 2.81. The SMILES string of the molecule is CCCC(=O)N(CC1CCCO1)C1CC(=O)N(c2ccc(OC)cc2)C1=O. The minimum Gasteiger partial charge on any atom is -0.497 e. The lowest BCUT2D eigenvalue weighted by molar-refractivity contribution is -0.140. The van der Waals surface area contributed by atoms with E-state index in [2.05, 4.69) is 0 Å². The van der Waals surface area contributed by atoms with Crippen molar-refractivity contribution in [2.75, 3.05) is 25.2 Å². The van der Waals surface area contributed by atoms with Crippen molar-refractivity contribution in [1.29, 1.82) is 0 Å². The number of hydrogen-bond acceptors (Lipinski definition) is 5. The quantitative estimate of drug-likeness (QED) is 0.684. The highest BCUT2D eigenvalue weighted by Gasteiger charge is 2.44. The summed E-state index contributed by atoms with van der Waals surface area (Å²) >= 11 is 0. The first kappa shape index (κ1) is 19.4. The van der Waals surface area contributed by atoms with E-state index in [0.717, 1.165) is 12.8 Å². The molecule has 2 aliphatic heterocycles. The van der Waals surface area contributed by atoms with Gasteiger partial charge in [-0.05, 0) is 43.5 Å². The lowest BCUT2D eigenvalue weighted by atomic mass is 10.1. The highest BCUT2D eigenvalue weighted by Crippen LogP contribution is 2.28. The topological polar surface area (TPSA) is 76.2 Å². The van der Waals surface area contributed by atoms with Gasteiger partial charge >= 0.3 is 0 Å². The van der Waals surface area contributed by atoms with Crippen LogP contribution in [0.5, 0.6) is 5.75 Å². The van der Waals surface area contributed by atoms with Crippen LogP contribution in [-0.4, -0.2) is 55.0 Å². The summed E-state index contributed by atoms with van der Waals surface area (Å²) in [5.74, 6) is -0.104. The molecule has 0 bridgehead atoms. The van der Waals surface area contributed by atoms with Gasteiger partial charge in [-0.1, -0.05) is 6.92 Å². The van der Waals surface area contributed by atoms with Crippen molar-refractivity contribution in [2.24, 2.45) is 0 Å². The number of nitrogens with zero attached hydrogens (tertiary/aromatic N) is 2. The summed E-state index contributed by atoms with van der Waals surface area (Å²) in [6, 6.07) is 6.00. The van der Waals surface area contributed by atoms with Gasteiger partial charge in [-0.15, -0.1) is 0 Å². The molecule has 0 spiro atoms. The number of rotatable bonds is 7. The van der Waals surface area contributed by atoms with Crippen LogP contribution in [0.25, 0.3) is 0 Å². The maximum atomic E-state index is 13.0. The fraction of sp³-hybridized carbons (Fsp3) is 0.550. The molecule has 2 unspecified atom stereocenters. The Morgan fingerprint density at radius 3 is 2.63 bits per heavy atom. The van der Waals surface area contributed by atoms with Crippen molar-refractivity contribution in [3.63, 3.8) is 0 Å². The van der Waals surface area contributed by atoms with E-state index in [1.54, 1.807) is 36.3 Å². The van der Waals surface area contributed by atoms with Gasteiger partial charge in [-0.25, -0.2) is 4.90 Å². The predicted octanol–water partition coefficient (Wildman–Crippen LogP) is 2.13. The van der Waals surface area contributed by atoms with Crippen LogP contribution in [0.3, 0.4) is 0 Å². The summed E-state index contributed by atoms with van der Waals surface area (Å²) in [4.78, 5) is 41.0. The normalized spacial score (nSPS) is 22.4. The molecule has 0 aliphatic carbocycles. The molecule has 1 aromatic carbocycles. The number of amides is 3. The highest BCUT2D eigenvalue weighted by molar-refractivity contribution is 6.23. The van der Waals surface area contributed by atoms with E-state index < -0.39 is 6.04 Å². The highest BCUT2D eigenvalue weighted by atomic mass is 16.5. The summed E-state index contributed by atoms with van der Waals surface area (Å²) in [5, 5.41) is 0. The molecular formula is C20H26N2O5. The molecule has 27 heavy (non-hydrogen) atoms. The molecule has 0 saturated carbocycles. The van der Waals surface area contributed by atoms with Crippen LogP contribution < -0.4 is 9.64 Å². The first-order chi connectivity index (χ1) is 13.0. The molecule has 2 heterocycles. The summed E-state index contributed by atoms with van der Waals surface area (Å²) in [5.41, 5.74) is 0.494. The van der Waals surface area contributed by atoms with Crippen molar-refractivity contribution in [3.05, 3.63) is 24.3 Å². The molecule has 146 valence electrons. The monoisotopic (exact) mass is 374 g/mol. The smallest absolute Gasteiger partial charge is 0.257 e. The molecule has 0 radical (unpaired) electrons. The molecule has 2 atom stereocenters. The number of ether oxygens (including phenoxy) is 2. The molecule has 1 aromatic rings. The zero-order chi connectivity index (χ0) is 19.4. The molecule has 2 fully saturated rings. The molecule has 3 rings (SSSR count). The summed E-state index contributed by atoms with van der Waals surface area (Å²) in [7, 11) is 1.56. The predicted molar refractivity (Wildman–Crippen MR) is 99.5 cm³/mol. The Hall–Kier alpha value is -2.41. The second kappa shape index (κ2) is 8.52. The van der Waals surface area contributed by atoms with E-state index in [1.807, 2.05) is 6.92 Å². The van der Waals surface area contributed by atoms with Crippen LogP contribution in [0, 0.1) is 0 Å². The third-order valence-electron chi connectivity index (χ3n) is 5.04. The van der Waals surface area contributed by atoms with Gasteiger partial charge in [0.05, 0.1) is 25.3 Å². The Labute approximate surface area is 159 Å². The number of hydrogen-bond donors (Lipinski definition) is 0. The fourth-order valence-electron chi connectivity index (χ4n) is 3.63. The Kier molecular flexibility index (Phi) is 6.11. The van der Waals surface area contributed by atoms with Crippen LogP contribution >= 0.6 is 0 Å². The van der Waals surface area contributed by atoms with Crippen molar-refractivity contribution in [1.82, 2.24) is 4.90 Å². The van der Waals surface area contributed by atoms with Crippen LogP contribution in [0.1, 0.15) is 39.0 Å². The van der Waals surface area contributed by atoms with Crippen LogP contribution in [0.15, 0.2) is 24.3 Å². The molecule has 7 heteroatoms. The maximum absolute atomic E-state index is 13.0. The minimum absolute atomic E-state index is 0.00698. The fourth-order valence-corrected chi connectivity index (χ4v) is 3.63. The summed E-state index contributed by atoms with van der Waals surface area (Å²) in [6.45, 7) is 2.96. The largest absolute Gasteiger partial charge is 0.497 e. The van der Waals surface area contributed by atoms with Gasteiger partial charge in [0.2, 0.25) is 11.8 Å². The summed E-state index contributed by atoms with van der Waals surface area (Å²) < 4.78 is 10.8. The molecule has 2 aliphatic rings.